The second kappa shape index (κ2) is 52.3. The molecule has 0 aliphatic heterocycles. The van der Waals surface area contributed by atoms with Gasteiger partial charge in [-0.25, -0.2) is 0 Å². The predicted molar refractivity (Wildman–Crippen MR) is 270 cm³/mol. The van der Waals surface area contributed by atoms with Crippen molar-refractivity contribution in [3.05, 3.63) is 36.5 Å². The highest BCUT2D eigenvalue weighted by Crippen LogP contribution is 2.16. The molecule has 0 aromatic heterocycles. The summed E-state index contributed by atoms with van der Waals surface area (Å²) in [7, 11) is 0. The van der Waals surface area contributed by atoms with Crippen molar-refractivity contribution in [2.24, 2.45) is 0 Å². The van der Waals surface area contributed by atoms with Crippen LogP contribution in [0.2, 0.25) is 0 Å². The lowest BCUT2D eigenvalue weighted by molar-refractivity contribution is -0.167. The molecule has 0 spiro atoms. The maximum Gasteiger partial charge on any atom is 0.306 e. The van der Waals surface area contributed by atoms with Crippen molar-refractivity contribution in [1.82, 2.24) is 0 Å². The maximum absolute atomic E-state index is 12.8. The van der Waals surface area contributed by atoms with Gasteiger partial charge >= 0.3 is 17.9 Å². The zero-order chi connectivity index (χ0) is 45.8. The minimum Gasteiger partial charge on any atom is -0.462 e. The van der Waals surface area contributed by atoms with Gasteiger partial charge in [0, 0.05) is 19.3 Å². The molecule has 0 unspecified atom stereocenters. The summed E-state index contributed by atoms with van der Waals surface area (Å²) in [5.74, 6) is -0.883. The summed E-state index contributed by atoms with van der Waals surface area (Å²) in [5.41, 5.74) is 0. The summed E-state index contributed by atoms with van der Waals surface area (Å²) in [5, 5.41) is 0. The molecule has 0 aliphatic rings. The molecule has 0 heterocycles. The number of carbonyl (C=O) groups excluding carboxylic acids is 3. The largest absolute Gasteiger partial charge is 0.462 e. The van der Waals surface area contributed by atoms with Crippen LogP contribution in [0.5, 0.6) is 0 Å². The van der Waals surface area contributed by atoms with Crippen molar-refractivity contribution < 1.29 is 28.6 Å². The van der Waals surface area contributed by atoms with Crippen molar-refractivity contribution in [2.45, 2.75) is 297 Å². The van der Waals surface area contributed by atoms with Crippen molar-refractivity contribution in [3.63, 3.8) is 0 Å². The number of hydrogen-bond acceptors (Lipinski definition) is 6. The molecule has 0 aromatic rings. The predicted octanol–water partition coefficient (Wildman–Crippen LogP) is 18.1. The van der Waals surface area contributed by atoms with E-state index in [2.05, 4.69) is 57.2 Å². The van der Waals surface area contributed by atoms with E-state index in [4.69, 9.17) is 14.2 Å². The molecule has 0 fully saturated rings. The van der Waals surface area contributed by atoms with E-state index in [0.29, 0.717) is 19.3 Å². The quantitative estimate of drug-likeness (QED) is 0.0262. The Kier molecular flexibility index (Phi) is 50.3. The van der Waals surface area contributed by atoms with Crippen LogP contribution in [0.4, 0.5) is 0 Å². The molecule has 0 amide bonds. The van der Waals surface area contributed by atoms with Gasteiger partial charge in [0.05, 0.1) is 0 Å². The summed E-state index contributed by atoms with van der Waals surface area (Å²) in [6.07, 6.45) is 61.3. The highest BCUT2D eigenvalue weighted by Gasteiger charge is 2.19. The first-order chi connectivity index (χ1) is 31.0. The molecule has 6 heteroatoms. The number of rotatable bonds is 50. The van der Waals surface area contributed by atoms with Crippen LogP contribution in [-0.4, -0.2) is 37.2 Å². The highest BCUT2D eigenvalue weighted by atomic mass is 16.6. The molecule has 0 saturated heterocycles. The fourth-order valence-corrected chi connectivity index (χ4v) is 7.98. The first-order valence-electron chi connectivity index (χ1n) is 27.5. The summed E-state index contributed by atoms with van der Waals surface area (Å²) in [6.45, 7) is 6.62. The van der Waals surface area contributed by atoms with Gasteiger partial charge in [0.25, 0.3) is 0 Å². The number of ether oxygens (including phenoxy) is 3. The second-order valence-electron chi connectivity index (χ2n) is 18.5. The van der Waals surface area contributed by atoms with Crippen molar-refractivity contribution in [1.29, 1.82) is 0 Å². The molecular weight excluding hydrogens is 781 g/mol. The lowest BCUT2D eigenvalue weighted by atomic mass is 10.0. The summed E-state index contributed by atoms with van der Waals surface area (Å²) < 4.78 is 16.8. The molecule has 0 bridgehead atoms. The Morgan fingerprint density at radius 1 is 0.317 bits per heavy atom. The standard InChI is InChI=1S/C57H104O6/c1-4-7-10-13-16-19-22-24-26-28-30-32-35-38-41-44-47-50-56(59)62-53-54(52-61-55(58)49-46-43-40-37-34-21-18-15-12-9-6-3)63-57(60)51-48-45-42-39-36-33-31-29-27-25-23-20-17-14-11-8-5-2/h16,19,24,26,30,32,54H,4-15,17-18,20-23,25,27-29,31,33-53H2,1-3H3/b19-16-,26-24-,32-30-/t54-/m0/s1. The third kappa shape index (κ3) is 50.5. The zero-order valence-corrected chi connectivity index (χ0v) is 42.1. The summed E-state index contributed by atoms with van der Waals surface area (Å²) in [6, 6.07) is 0. The van der Waals surface area contributed by atoms with Crippen molar-refractivity contribution in [3.8, 4) is 0 Å². The average molecular weight is 885 g/mol. The Balaban J connectivity index is 4.35. The van der Waals surface area contributed by atoms with Crippen LogP contribution >= 0.6 is 0 Å². The molecule has 0 radical (unpaired) electrons. The van der Waals surface area contributed by atoms with E-state index in [-0.39, 0.29) is 31.1 Å². The minimum atomic E-state index is -0.776. The highest BCUT2D eigenvalue weighted by molar-refractivity contribution is 5.71. The first kappa shape index (κ1) is 60.6. The molecule has 0 aliphatic carbocycles. The molecule has 6 nitrogen and oxygen atoms in total. The Hall–Kier alpha value is -2.37. The number of hydrogen-bond donors (Lipinski definition) is 0. The van der Waals surface area contributed by atoms with Crippen molar-refractivity contribution in [2.75, 3.05) is 13.2 Å². The molecule has 63 heavy (non-hydrogen) atoms. The molecule has 0 rings (SSSR count). The number of unbranched alkanes of at least 4 members (excludes halogenated alkanes) is 33. The Labute approximate surface area is 391 Å². The Morgan fingerprint density at radius 3 is 0.921 bits per heavy atom. The van der Waals surface area contributed by atoms with Crippen LogP contribution in [0.25, 0.3) is 0 Å². The van der Waals surface area contributed by atoms with E-state index in [1.54, 1.807) is 0 Å². The number of carbonyl (C=O) groups is 3. The van der Waals surface area contributed by atoms with Crippen LogP contribution in [0.1, 0.15) is 290 Å². The lowest BCUT2D eigenvalue weighted by Gasteiger charge is -2.18. The molecule has 0 aromatic carbocycles. The van der Waals surface area contributed by atoms with Crippen LogP contribution in [0.3, 0.4) is 0 Å². The Bertz CT molecular complexity index is 1060. The summed E-state index contributed by atoms with van der Waals surface area (Å²) in [4.78, 5) is 38.0. The molecule has 368 valence electrons. The van der Waals surface area contributed by atoms with E-state index >= 15 is 0 Å². The maximum atomic E-state index is 12.8. The third-order valence-electron chi connectivity index (χ3n) is 12.1. The van der Waals surface area contributed by atoms with Gasteiger partial charge in [-0.3, -0.25) is 14.4 Å². The van der Waals surface area contributed by atoms with Crippen LogP contribution in [-0.2, 0) is 28.6 Å². The SMILES string of the molecule is CCCCC/C=C\C/C=C\C/C=C\CCCCCCC(=O)OC[C@H](COC(=O)CCCCCCCCCCCCC)OC(=O)CCCCCCCCCCCCCCCCCCC. The fourth-order valence-electron chi connectivity index (χ4n) is 7.98. The smallest absolute Gasteiger partial charge is 0.306 e. The normalized spacial score (nSPS) is 12.2. The number of allylic oxidation sites excluding steroid dienone is 6. The molecule has 0 N–H and O–H groups in total. The zero-order valence-electron chi connectivity index (χ0n) is 42.1. The van der Waals surface area contributed by atoms with Gasteiger partial charge in [0.2, 0.25) is 0 Å². The molecule has 1 atom stereocenters. The van der Waals surface area contributed by atoms with Gasteiger partial charge in [-0.15, -0.1) is 0 Å². The van der Waals surface area contributed by atoms with Gasteiger partial charge < -0.3 is 14.2 Å². The average Bonchev–Trinajstić information content (AvgIpc) is 3.28. The van der Waals surface area contributed by atoms with Gasteiger partial charge in [-0.05, 0) is 57.8 Å². The van der Waals surface area contributed by atoms with Gasteiger partial charge in [0.15, 0.2) is 6.10 Å². The van der Waals surface area contributed by atoms with Gasteiger partial charge in [-0.1, -0.05) is 250 Å². The van der Waals surface area contributed by atoms with Gasteiger partial charge in [0.1, 0.15) is 13.2 Å². The monoisotopic (exact) mass is 885 g/mol. The van der Waals surface area contributed by atoms with Crippen LogP contribution in [0.15, 0.2) is 36.5 Å². The van der Waals surface area contributed by atoms with E-state index in [0.717, 1.165) is 83.5 Å². The van der Waals surface area contributed by atoms with Crippen molar-refractivity contribution >= 4 is 17.9 Å². The number of esters is 3. The second-order valence-corrected chi connectivity index (χ2v) is 18.5. The fraction of sp³-hybridized carbons (Fsp3) is 0.842. The Morgan fingerprint density at radius 2 is 0.571 bits per heavy atom. The van der Waals surface area contributed by atoms with E-state index in [1.807, 2.05) is 0 Å². The summed E-state index contributed by atoms with van der Waals surface area (Å²) >= 11 is 0. The third-order valence-corrected chi connectivity index (χ3v) is 12.1. The van der Waals surface area contributed by atoms with E-state index in [9.17, 15) is 14.4 Å². The van der Waals surface area contributed by atoms with E-state index < -0.39 is 6.10 Å². The molecule has 0 saturated carbocycles. The lowest BCUT2D eigenvalue weighted by Crippen LogP contribution is -2.30. The van der Waals surface area contributed by atoms with Crippen LogP contribution in [0, 0.1) is 0 Å². The van der Waals surface area contributed by atoms with E-state index in [1.165, 1.54) is 167 Å². The minimum absolute atomic E-state index is 0.0750. The molecular formula is C57H104O6. The topological polar surface area (TPSA) is 78.9 Å². The van der Waals surface area contributed by atoms with Gasteiger partial charge in [-0.2, -0.15) is 0 Å². The first-order valence-corrected chi connectivity index (χ1v) is 27.5. The van der Waals surface area contributed by atoms with Crippen LogP contribution < -0.4 is 0 Å².